The van der Waals surface area contributed by atoms with Crippen LogP contribution in [-0.2, 0) is 9.53 Å². The lowest BCUT2D eigenvalue weighted by Crippen LogP contribution is -2.11. The second-order valence-electron chi connectivity index (χ2n) is 2.06. The fourth-order valence-electron chi connectivity index (χ4n) is 0.630. The highest BCUT2D eigenvalue weighted by Gasteiger charge is 2.01. The Morgan fingerprint density at radius 3 is 2.67 bits per heavy atom. The van der Waals surface area contributed by atoms with Gasteiger partial charge in [0, 0.05) is 6.92 Å². The van der Waals surface area contributed by atoms with Gasteiger partial charge in [-0.05, 0) is 19.8 Å². The third-order valence-corrected chi connectivity index (χ3v) is 0.978. The Kier molecular flexibility index (Phi) is 4.10. The molecule has 0 saturated carbocycles. The van der Waals surface area contributed by atoms with Crippen LogP contribution in [-0.4, -0.2) is 12.1 Å². The Balaban J connectivity index is 3.26. The molecular weight excluding hydrogens is 116 g/mol. The zero-order chi connectivity index (χ0) is 7.28. The molecule has 1 unspecified atom stereocenters. The summed E-state index contributed by atoms with van der Waals surface area (Å²) in [5.74, 6) is -0.212. The largest absolute Gasteiger partial charge is 0.463 e. The molecule has 0 N–H and O–H groups in total. The highest BCUT2D eigenvalue weighted by Crippen LogP contribution is 1.99. The highest BCUT2D eigenvalue weighted by atomic mass is 16.5. The van der Waals surface area contributed by atoms with Crippen LogP contribution < -0.4 is 0 Å². The molecule has 53 valence electrons. The summed E-state index contributed by atoms with van der Waals surface area (Å²) >= 11 is 0. The fraction of sp³-hybridized carbons (Fsp3) is 0.714. The number of ether oxygens (including phenoxy) is 1. The predicted molar refractivity (Wildman–Crippen MR) is 35.8 cm³/mol. The molecule has 0 aromatic heterocycles. The minimum atomic E-state index is -0.212. The van der Waals surface area contributed by atoms with Gasteiger partial charge in [-0.2, -0.15) is 0 Å². The van der Waals surface area contributed by atoms with E-state index in [1.807, 2.05) is 6.92 Å². The van der Waals surface area contributed by atoms with Crippen LogP contribution in [0.2, 0.25) is 0 Å². The maximum Gasteiger partial charge on any atom is 0.302 e. The van der Waals surface area contributed by atoms with Crippen LogP contribution in [0.5, 0.6) is 0 Å². The Labute approximate surface area is 56.2 Å². The van der Waals surface area contributed by atoms with Crippen molar-refractivity contribution in [3.05, 3.63) is 6.92 Å². The van der Waals surface area contributed by atoms with E-state index in [1.54, 1.807) is 0 Å². The summed E-state index contributed by atoms with van der Waals surface area (Å²) in [6.07, 6.45) is 1.69. The second kappa shape index (κ2) is 4.36. The number of hydrogen-bond acceptors (Lipinski definition) is 2. The first-order valence-electron chi connectivity index (χ1n) is 3.13. The molecular formula is C7H13O2. The highest BCUT2D eigenvalue weighted by molar-refractivity contribution is 5.66. The molecule has 0 aliphatic carbocycles. The summed E-state index contributed by atoms with van der Waals surface area (Å²) in [5, 5.41) is 0. The SMILES string of the molecule is [CH2]CCC(C)OC(C)=O. The molecule has 9 heavy (non-hydrogen) atoms. The number of carbonyl (C=O) groups excluding carboxylic acids is 1. The van der Waals surface area contributed by atoms with Crippen LogP contribution in [0.3, 0.4) is 0 Å². The molecule has 0 aliphatic rings. The lowest BCUT2D eigenvalue weighted by atomic mass is 10.2. The van der Waals surface area contributed by atoms with Gasteiger partial charge in [0.05, 0.1) is 6.10 Å². The van der Waals surface area contributed by atoms with Gasteiger partial charge in [0.1, 0.15) is 0 Å². The molecule has 2 nitrogen and oxygen atoms in total. The van der Waals surface area contributed by atoms with Crippen molar-refractivity contribution in [1.29, 1.82) is 0 Å². The third kappa shape index (κ3) is 5.34. The van der Waals surface area contributed by atoms with E-state index in [9.17, 15) is 4.79 Å². The van der Waals surface area contributed by atoms with Crippen LogP contribution in [0, 0.1) is 6.92 Å². The summed E-state index contributed by atoms with van der Waals surface area (Å²) in [6, 6.07) is 0. The molecule has 1 radical (unpaired) electrons. The molecule has 0 rings (SSSR count). The molecule has 0 aromatic carbocycles. The molecule has 0 aromatic rings. The molecule has 0 amide bonds. The number of carbonyl (C=O) groups is 1. The zero-order valence-corrected chi connectivity index (χ0v) is 6.02. The van der Waals surface area contributed by atoms with E-state index in [4.69, 9.17) is 4.74 Å². The topological polar surface area (TPSA) is 26.3 Å². The molecule has 0 bridgehead atoms. The van der Waals surface area contributed by atoms with E-state index in [1.165, 1.54) is 6.92 Å². The first kappa shape index (κ1) is 8.47. The number of esters is 1. The minimum absolute atomic E-state index is 0.0278. The fourth-order valence-corrected chi connectivity index (χ4v) is 0.630. The van der Waals surface area contributed by atoms with Crippen LogP contribution in [0.4, 0.5) is 0 Å². The summed E-state index contributed by atoms with van der Waals surface area (Å²) in [4.78, 5) is 10.3. The van der Waals surface area contributed by atoms with E-state index < -0.39 is 0 Å². The van der Waals surface area contributed by atoms with E-state index in [-0.39, 0.29) is 12.1 Å². The van der Waals surface area contributed by atoms with Crippen LogP contribution >= 0.6 is 0 Å². The Morgan fingerprint density at radius 2 is 2.33 bits per heavy atom. The van der Waals surface area contributed by atoms with Crippen LogP contribution in [0.1, 0.15) is 26.7 Å². The van der Waals surface area contributed by atoms with Crippen molar-refractivity contribution < 1.29 is 9.53 Å². The maximum absolute atomic E-state index is 10.3. The van der Waals surface area contributed by atoms with Gasteiger partial charge in [-0.15, -0.1) is 0 Å². The first-order valence-corrected chi connectivity index (χ1v) is 3.13. The molecule has 2 heteroatoms. The van der Waals surface area contributed by atoms with Gasteiger partial charge >= 0.3 is 5.97 Å². The quantitative estimate of drug-likeness (QED) is 0.540. The molecule has 0 aliphatic heterocycles. The van der Waals surface area contributed by atoms with Gasteiger partial charge in [0.15, 0.2) is 0 Å². The van der Waals surface area contributed by atoms with Gasteiger partial charge in [0.25, 0.3) is 0 Å². The standard InChI is InChI=1S/C7H13O2/c1-4-5-6(2)9-7(3)8/h6H,1,4-5H2,2-3H3. The Hall–Kier alpha value is -0.530. The Morgan fingerprint density at radius 1 is 1.78 bits per heavy atom. The monoisotopic (exact) mass is 129 g/mol. The van der Waals surface area contributed by atoms with Gasteiger partial charge in [-0.1, -0.05) is 6.92 Å². The van der Waals surface area contributed by atoms with Gasteiger partial charge < -0.3 is 4.74 Å². The van der Waals surface area contributed by atoms with Crippen molar-refractivity contribution in [2.45, 2.75) is 32.8 Å². The van der Waals surface area contributed by atoms with Crippen LogP contribution in [0.25, 0.3) is 0 Å². The predicted octanol–water partition coefficient (Wildman–Crippen LogP) is 1.55. The molecule has 0 spiro atoms. The van der Waals surface area contributed by atoms with Crippen molar-refractivity contribution in [2.24, 2.45) is 0 Å². The van der Waals surface area contributed by atoms with Crippen molar-refractivity contribution in [3.8, 4) is 0 Å². The Bertz CT molecular complexity index is 88.9. The van der Waals surface area contributed by atoms with Crippen molar-refractivity contribution >= 4 is 5.97 Å². The summed E-state index contributed by atoms with van der Waals surface area (Å²) in [7, 11) is 0. The summed E-state index contributed by atoms with van der Waals surface area (Å²) in [6.45, 7) is 6.93. The molecule has 0 saturated heterocycles. The van der Waals surface area contributed by atoms with Crippen molar-refractivity contribution in [3.63, 3.8) is 0 Å². The van der Waals surface area contributed by atoms with Gasteiger partial charge in [0.2, 0.25) is 0 Å². The molecule has 1 atom stereocenters. The molecule has 0 heterocycles. The smallest absolute Gasteiger partial charge is 0.302 e. The summed E-state index contributed by atoms with van der Waals surface area (Å²) in [5.41, 5.74) is 0. The average Bonchev–Trinajstić information content (AvgIpc) is 1.63. The normalized spacial score (nSPS) is 12.8. The number of hydrogen-bond donors (Lipinski definition) is 0. The van der Waals surface area contributed by atoms with E-state index in [2.05, 4.69) is 6.92 Å². The molecule has 0 fully saturated rings. The zero-order valence-electron chi connectivity index (χ0n) is 6.02. The lowest BCUT2D eigenvalue weighted by molar-refractivity contribution is -0.145. The second-order valence-corrected chi connectivity index (χ2v) is 2.06. The van der Waals surface area contributed by atoms with Gasteiger partial charge in [-0.3, -0.25) is 4.79 Å². The third-order valence-electron chi connectivity index (χ3n) is 0.978. The minimum Gasteiger partial charge on any atom is -0.463 e. The van der Waals surface area contributed by atoms with E-state index in [0.29, 0.717) is 0 Å². The average molecular weight is 129 g/mol. The number of rotatable bonds is 3. The van der Waals surface area contributed by atoms with Gasteiger partial charge in [-0.25, -0.2) is 0 Å². The lowest BCUT2D eigenvalue weighted by Gasteiger charge is -2.08. The van der Waals surface area contributed by atoms with E-state index in [0.717, 1.165) is 12.8 Å². The van der Waals surface area contributed by atoms with E-state index >= 15 is 0 Å². The van der Waals surface area contributed by atoms with Crippen molar-refractivity contribution in [2.75, 3.05) is 0 Å². The summed E-state index contributed by atoms with van der Waals surface area (Å²) < 4.78 is 4.81. The van der Waals surface area contributed by atoms with Crippen LogP contribution in [0.15, 0.2) is 0 Å². The first-order chi connectivity index (χ1) is 4.16. The van der Waals surface area contributed by atoms with Crippen molar-refractivity contribution in [1.82, 2.24) is 0 Å². The maximum atomic E-state index is 10.3.